The third kappa shape index (κ3) is 3.75. The molecule has 0 radical (unpaired) electrons. The number of carbonyl (C=O) groups is 1. The fraction of sp³-hybridized carbons (Fsp3) is 0.500. The number of thiophene rings is 1. The monoisotopic (exact) mass is 321 g/mol. The van der Waals surface area contributed by atoms with Crippen LogP contribution in [0, 0.1) is 0 Å². The van der Waals surface area contributed by atoms with Crippen LogP contribution < -0.4 is 0 Å². The van der Waals surface area contributed by atoms with Crippen LogP contribution in [0.25, 0.3) is 0 Å². The molecule has 1 amide bonds. The maximum absolute atomic E-state index is 12.8. The zero-order valence-electron chi connectivity index (χ0n) is 13.2. The summed E-state index contributed by atoms with van der Waals surface area (Å²) in [6, 6.07) is 5.57. The summed E-state index contributed by atoms with van der Waals surface area (Å²) in [6.45, 7) is 6.52. The van der Waals surface area contributed by atoms with E-state index in [1.54, 1.807) is 22.3 Å². The summed E-state index contributed by atoms with van der Waals surface area (Å²) in [4.78, 5) is 15.6. The standard InChI is InChI=1S/C16H23N3O2S/c1-4-12(10-20)19(9-13-6-5-7-22-13)16(21)15-8-14(11(2)3)17-18-15/h5-8,11-12,20H,4,9-10H2,1-3H3,(H,17,18)/t12-/m0/s1. The molecule has 2 heterocycles. The van der Waals surface area contributed by atoms with Gasteiger partial charge in [-0.15, -0.1) is 11.3 Å². The molecule has 1 atom stereocenters. The molecule has 2 aromatic rings. The Bertz CT molecular complexity index is 588. The minimum absolute atomic E-state index is 0.0466. The Labute approximate surface area is 135 Å². The van der Waals surface area contributed by atoms with Crippen LogP contribution in [-0.4, -0.2) is 38.8 Å². The summed E-state index contributed by atoms with van der Waals surface area (Å²) in [7, 11) is 0. The van der Waals surface area contributed by atoms with E-state index in [1.807, 2.05) is 38.3 Å². The number of nitrogens with zero attached hydrogens (tertiary/aromatic N) is 2. The Kier molecular flexibility index (Phi) is 5.74. The van der Waals surface area contributed by atoms with Crippen LogP contribution in [-0.2, 0) is 6.54 Å². The van der Waals surface area contributed by atoms with Crippen molar-refractivity contribution in [3.05, 3.63) is 39.8 Å². The molecule has 0 fully saturated rings. The second kappa shape index (κ2) is 7.56. The van der Waals surface area contributed by atoms with E-state index < -0.39 is 0 Å². The number of H-pyrrole nitrogens is 1. The Morgan fingerprint density at radius 2 is 2.27 bits per heavy atom. The summed E-state index contributed by atoms with van der Waals surface area (Å²) in [6.07, 6.45) is 0.703. The lowest BCUT2D eigenvalue weighted by Gasteiger charge is -2.29. The quantitative estimate of drug-likeness (QED) is 0.823. The van der Waals surface area contributed by atoms with Gasteiger partial charge in [0.2, 0.25) is 0 Å². The predicted molar refractivity (Wildman–Crippen MR) is 88.0 cm³/mol. The maximum atomic E-state index is 12.8. The van der Waals surface area contributed by atoms with Gasteiger partial charge in [0, 0.05) is 10.6 Å². The van der Waals surface area contributed by atoms with Gasteiger partial charge in [0.1, 0.15) is 5.69 Å². The summed E-state index contributed by atoms with van der Waals surface area (Å²) in [5.74, 6) is 0.150. The van der Waals surface area contributed by atoms with Gasteiger partial charge in [-0.2, -0.15) is 5.10 Å². The third-order valence-corrected chi connectivity index (χ3v) is 4.59. The number of hydrogen-bond donors (Lipinski definition) is 2. The van der Waals surface area contributed by atoms with Crippen LogP contribution >= 0.6 is 11.3 Å². The van der Waals surface area contributed by atoms with Crippen molar-refractivity contribution in [1.82, 2.24) is 15.1 Å². The molecule has 0 saturated carbocycles. The molecule has 5 nitrogen and oxygen atoms in total. The molecule has 2 N–H and O–H groups in total. The molecule has 0 aliphatic carbocycles. The lowest BCUT2D eigenvalue weighted by Crippen LogP contribution is -2.41. The minimum Gasteiger partial charge on any atom is -0.394 e. The van der Waals surface area contributed by atoms with Gasteiger partial charge >= 0.3 is 0 Å². The molecule has 0 aromatic carbocycles. The second-order valence-electron chi connectivity index (χ2n) is 5.62. The molecule has 120 valence electrons. The fourth-order valence-corrected chi connectivity index (χ4v) is 2.98. The highest BCUT2D eigenvalue weighted by Crippen LogP contribution is 2.19. The first-order valence-electron chi connectivity index (χ1n) is 7.56. The molecule has 22 heavy (non-hydrogen) atoms. The number of hydrogen-bond acceptors (Lipinski definition) is 4. The number of amides is 1. The van der Waals surface area contributed by atoms with Gasteiger partial charge in [-0.3, -0.25) is 9.89 Å². The number of nitrogens with one attached hydrogen (secondary N) is 1. The van der Waals surface area contributed by atoms with Gasteiger partial charge in [-0.05, 0) is 29.9 Å². The van der Waals surface area contributed by atoms with Crippen LogP contribution in [0.3, 0.4) is 0 Å². The first kappa shape index (κ1) is 16.7. The molecule has 0 saturated heterocycles. The van der Waals surface area contributed by atoms with Gasteiger partial charge in [-0.25, -0.2) is 0 Å². The Morgan fingerprint density at radius 1 is 1.50 bits per heavy atom. The summed E-state index contributed by atoms with van der Waals surface area (Å²) >= 11 is 1.61. The molecule has 2 aromatic heterocycles. The molecule has 0 spiro atoms. The topological polar surface area (TPSA) is 69.2 Å². The van der Waals surface area contributed by atoms with E-state index in [0.717, 1.165) is 10.6 Å². The van der Waals surface area contributed by atoms with Crippen LogP contribution in [0.4, 0.5) is 0 Å². The third-order valence-electron chi connectivity index (χ3n) is 3.73. The highest BCUT2D eigenvalue weighted by atomic mass is 32.1. The normalized spacial score (nSPS) is 12.6. The van der Waals surface area contributed by atoms with Gasteiger partial charge in [0.25, 0.3) is 5.91 Å². The van der Waals surface area contributed by atoms with Crippen LogP contribution in [0.5, 0.6) is 0 Å². The summed E-state index contributed by atoms with van der Waals surface area (Å²) < 4.78 is 0. The summed E-state index contributed by atoms with van der Waals surface area (Å²) in [5.41, 5.74) is 1.35. The van der Waals surface area contributed by atoms with E-state index >= 15 is 0 Å². The van der Waals surface area contributed by atoms with E-state index in [2.05, 4.69) is 10.2 Å². The smallest absolute Gasteiger partial charge is 0.275 e. The number of aliphatic hydroxyl groups is 1. The van der Waals surface area contributed by atoms with Crippen LogP contribution in [0.1, 0.15) is 54.2 Å². The zero-order chi connectivity index (χ0) is 16.1. The largest absolute Gasteiger partial charge is 0.394 e. The first-order chi connectivity index (χ1) is 10.6. The van der Waals surface area contributed by atoms with Gasteiger partial charge < -0.3 is 10.0 Å². The molecular weight excluding hydrogens is 298 g/mol. The van der Waals surface area contributed by atoms with Gasteiger partial charge in [0.15, 0.2) is 0 Å². The van der Waals surface area contributed by atoms with Gasteiger partial charge in [-0.1, -0.05) is 26.8 Å². The van der Waals surface area contributed by atoms with E-state index in [-0.39, 0.29) is 18.6 Å². The number of aromatic amines is 1. The van der Waals surface area contributed by atoms with Crippen molar-refractivity contribution in [2.24, 2.45) is 0 Å². The number of aromatic nitrogens is 2. The van der Waals surface area contributed by atoms with Crippen molar-refractivity contribution < 1.29 is 9.90 Å². The van der Waals surface area contributed by atoms with E-state index in [1.165, 1.54) is 0 Å². The predicted octanol–water partition coefficient (Wildman–Crippen LogP) is 3.01. The lowest BCUT2D eigenvalue weighted by atomic mass is 10.1. The van der Waals surface area contributed by atoms with Gasteiger partial charge in [0.05, 0.1) is 19.2 Å². The molecule has 0 unspecified atom stereocenters. The van der Waals surface area contributed by atoms with Crippen molar-refractivity contribution in [1.29, 1.82) is 0 Å². The molecule has 6 heteroatoms. The van der Waals surface area contributed by atoms with Crippen LogP contribution in [0.15, 0.2) is 23.6 Å². The Balaban J connectivity index is 2.24. The van der Waals surface area contributed by atoms with Crippen molar-refractivity contribution in [3.8, 4) is 0 Å². The van der Waals surface area contributed by atoms with E-state index in [9.17, 15) is 9.90 Å². The molecule has 0 aliphatic heterocycles. The Hall–Kier alpha value is -1.66. The van der Waals surface area contributed by atoms with E-state index in [4.69, 9.17) is 0 Å². The fourth-order valence-electron chi connectivity index (χ4n) is 2.27. The van der Waals surface area contributed by atoms with Crippen molar-refractivity contribution >= 4 is 17.2 Å². The average molecular weight is 321 g/mol. The van der Waals surface area contributed by atoms with Crippen molar-refractivity contribution in [3.63, 3.8) is 0 Å². The van der Waals surface area contributed by atoms with Crippen molar-refractivity contribution in [2.75, 3.05) is 6.61 Å². The molecule has 0 bridgehead atoms. The first-order valence-corrected chi connectivity index (χ1v) is 8.44. The maximum Gasteiger partial charge on any atom is 0.275 e. The Morgan fingerprint density at radius 3 is 2.77 bits per heavy atom. The van der Waals surface area contributed by atoms with E-state index in [0.29, 0.717) is 24.6 Å². The highest BCUT2D eigenvalue weighted by Gasteiger charge is 2.25. The minimum atomic E-state index is -0.200. The molecular formula is C16H23N3O2S. The molecule has 0 aliphatic rings. The number of rotatable bonds is 7. The number of carbonyl (C=O) groups excluding carboxylic acids is 1. The average Bonchev–Trinajstić information content (AvgIpc) is 3.18. The lowest BCUT2D eigenvalue weighted by molar-refractivity contribution is 0.0560. The second-order valence-corrected chi connectivity index (χ2v) is 6.65. The SMILES string of the molecule is CC[C@@H](CO)N(Cc1cccs1)C(=O)c1cc(C(C)C)[nH]n1. The van der Waals surface area contributed by atoms with Crippen LogP contribution in [0.2, 0.25) is 0 Å². The molecule has 2 rings (SSSR count). The highest BCUT2D eigenvalue weighted by molar-refractivity contribution is 7.09. The van der Waals surface area contributed by atoms with Crippen molar-refractivity contribution in [2.45, 2.75) is 45.7 Å². The zero-order valence-corrected chi connectivity index (χ0v) is 14.1. The number of aliphatic hydroxyl groups excluding tert-OH is 1. The summed E-state index contributed by atoms with van der Waals surface area (Å²) in [5, 5.41) is 18.6.